The molecule has 0 fully saturated rings. The van der Waals surface area contributed by atoms with Crippen LogP contribution in [0.3, 0.4) is 0 Å². The zero-order valence-corrected chi connectivity index (χ0v) is 10.6. The highest BCUT2D eigenvalue weighted by atomic mass is 16.3. The zero-order chi connectivity index (χ0) is 12.9. The maximum atomic E-state index is 10.1. The molecule has 5 N–H and O–H groups in total. The zero-order valence-electron chi connectivity index (χ0n) is 10.6. The maximum absolute atomic E-state index is 10.1. The van der Waals surface area contributed by atoms with Crippen molar-refractivity contribution >= 4 is 11.6 Å². The van der Waals surface area contributed by atoms with Crippen molar-refractivity contribution in [1.82, 2.24) is 9.97 Å². The number of nitrogen functional groups attached to an aromatic ring is 1. The molecule has 1 aromatic heterocycles. The Balaban J connectivity index is 2.54. The van der Waals surface area contributed by atoms with Crippen LogP contribution in [0.2, 0.25) is 0 Å². The maximum Gasteiger partial charge on any atom is 0.145 e. The van der Waals surface area contributed by atoms with Crippen molar-refractivity contribution in [2.75, 3.05) is 17.3 Å². The summed E-state index contributed by atoms with van der Waals surface area (Å²) < 4.78 is 0. The molecule has 96 valence electrons. The fourth-order valence-electron chi connectivity index (χ4n) is 1.77. The van der Waals surface area contributed by atoms with Gasteiger partial charge in [0.25, 0.3) is 0 Å². The van der Waals surface area contributed by atoms with E-state index in [2.05, 4.69) is 34.6 Å². The molecule has 6 heteroatoms. The third-order valence-corrected chi connectivity index (χ3v) is 2.31. The summed E-state index contributed by atoms with van der Waals surface area (Å²) in [5.41, 5.74) is 1.69. The third kappa shape index (κ3) is 4.97. The minimum Gasteiger partial charge on any atom is -0.388 e. The second kappa shape index (κ2) is 5.79. The van der Waals surface area contributed by atoms with Gasteiger partial charge in [-0.25, -0.2) is 15.8 Å². The standard InChI is InChI=1S/C11H21N5O/c1-8(2)5-11(3,17)6-13-9-4-10(16-12)15-7-14-9/h4,7-8,17H,5-6,12H2,1-3H3,(H2,13,14,15,16). The molecule has 0 aliphatic heterocycles. The largest absolute Gasteiger partial charge is 0.388 e. The van der Waals surface area contributed by atoms with Crippen LogP contribution in [0.4, 0.5) is 11.6 Å². The first-order chi connectivity index (χ1) is 7.93. The summed E-state index contributed by atoms with van der Waals surface area (Å²) in [6.07, 6.45) is 2.14. The van der Waals surface area contributed by atoms with Crippen molar-refractivity contribution in [1.29, 1.82) is 0 Å². The molecule has 0 radical (unpaired) electrons. The highest BCUT2D eigenvalue weighted by molar-refractivity contribution is 5.45. The minimum atomic E-state index is -0.755. The van der Waals surface area contributed by atoms with Crippen molar-refractivity contribution in [2.45, 2.75) is 32.8 Å². The molecule has 17 heavy (non-hydrogen) atoms. The lowest BCUT2D eigenvalue weighted by atomic mass is 9.94. The summed E-state index contributed by atoms with van der Waals surface area (Å²) in [6, 6.07) is 1.69. The minimum absolute atomic E-state index is 0.437. The second-order valence-electron chi connectivity index (χ2n) is 4.88. The quantitative estimate of drug-likeness (QED) is 0.436. The molecule has 0 bridgehead atoms. The van der Waals surface area contributed by atoms with Crippen LogP contribution in [0.5, 0.6) is 0 Å². The van der Waals surface area contributed by atoms with Crippen LogP contribution in [0.1, 0.15) is 27.2 Å². The van der Waals surface area contributed by atoms with Gasteiger partial charge < -0.3 is 15.8 Å². The Morgan fingerprint density at radius 1 is 1.41 bits per heavy atom. The number of hydrogen-bond donors (Lipinski definition) is 4. The highest BCUT2D eigenvalue weighted by Crippen LogP contribution is 2.17. The molecule has 0 saturated carbocycles. The molecular weight excluding hydrogens is 218 g/mol. The van der Waals surface area contributed by atoms with Gasteiger partial charge in [-0.2, -0.15) is 0 Å². The predicted octanol–water partition coefficient (Wildman–Crippen LogP) is 0.971. The smallest absolute Gasteiger partial charge is 0.145 e. The summed E-state index contributed by atoms with van der Waals surface area (Å²) in [6.45, 7) is 6.40. The van der Waals surface area contributed by atoms with Crippen molar-refractivity contribution in [2.24, 2.45) is 11.8 Å². The van der Waals surface area contributed by atoms with E-state index in [1.807, 2.05) is 6.92 Å². The normalized spacial score (nSPS) is 14.5. The van der Waals surface area contributed by atoms with E-state index in [0.29, 0.717) is 24.1 Å². The molecule has 0 saturated heterocycles. The number of anilines is 2. The van der Waals surface area contributed by atoms with Gasteiger partial charge in [0.1, 0.15) is 18.0 Å². The van der Waals surface area contributed by atoms with Gasteiger partial charge in [-0.1, -0.05) is 13.8 Å². The number of nitrogens with one attached hydrogen (secondary N) is 2. The topological polar surface area (TPSA) is 96.1 Å². The summed E-state index contributed by atoms with van der Waals surface area (Å²) in [5, 5.41) is 13.2. The van der Waals surface area contributed by atoms with E-state index in [1.54, 1.807) is 6.07 Å². The van der Waals surface area contributed by atoms with Crippen LogP contribution in [-0.2, 0) is 0 Å². The molecule has 6 nitrogen and oxygen atoms in total. The molecule has 0 aliphatic carbocycles. The summed E-state index contributed by atoms with van der Waals surface area (Å²) in [7, 11) is 0. The number of rotatable bonds is 6. The molecule has 1 rings (SSSR count). The van der Waals surface area contributed by atoms with Gasteiger partial charge in [-0.05, 0) is 19.3 Å². The molecular formula is C11H21N5O. The lowest BCUT2D eigenvalue weighted by Gasteiger charge is -2.25. The van der Waals surface area contributed by atoms with Gasteiger partial charge >= 0.3 is 0 Å². The van der Waals surface area contributed by atoms with Crippen molar-refractivity contribution in [3.8, 4) is 0 Å². The Labute approximate surface area is 102 Å². The van der Waals surface area contributed by atoms with Gasteiger partial charge in [0.15, 0.2) is 0 Å². The molecule has 1 unspecified atom stereocenters. The third-order valence-electron chi connectivity index (χ3n) is 2.31. The molecule has 0 aliphatic rings. The first kappa shape index (κ1) is 13.7. The summed E-state index contributed by atoms with van der Waals surface area (Å²) in [4.78, 5) is 7.94. The molecule has 1 heterocycles. The van der Waals surface area contributed by atoms with Crippen molar-refractivity contribution in [3.63, 3.8) is 0 Å². The van der Waals surface area contributed by atoms with E-state index >= 15 is 0 Å². The first-order valence-corrected chi connectivity index (χ1v) is 5.68. The summed E-state index contributed by atoms with van der Waals surface area (Å²) >= 11 is 0. The van der Waals surface area contributed by atoms with E-state index in [-0.39, 0.29) is 0 Å². The monoisotopic (exact) mass is 239 g/mol. The Bertz CT molecular complexity index is 353. The van der Waals surface area contributed by atoms with E-state index in [1.165, 1.54) is 6.33 Å². The number of hydrogen-bond acceptors (Lipinski definition) is 6. The van der Waals surface area contributed by atoms with Gasteiger partial charge in [0.05, 0.1) is 5.60 Å². The molecule has 1 atom stereocenters. The van der Waals surface area contributed by atoms with Gasteiger partial charge in [0.2, 0.25) is 0 Å². The van der Waals surface area contributed by atoms with E-state index < -0.39 is 5.60 Å². The van der Waals surface area contributed by atoms with Crippen LogP contribution >= 0.6 is 0 Å². The van der Waals surface area contributed by atoms with Gasteiger partial charge in [-0.15, -0.1) is 0 Å². The molecule has 0 spiro atoms. The second-order valence-corrected chi connectivity index (χ2v) is 4.88. The predicted molar refractivity (Wildman–Crippen MR) is 68.4 cm³/mol. The van der Waals surface area contributed by atoms with E-state index in [9.17, 15) is 5.11 Å². The number of aromatic nitrogens is 2. The average molecular weight is 239 g/mol. The van der Waals surface area contributed by atoms with Crippen LogP contribution in [0, 0.1) is 5.92 Å². The average Bonchev–Trinajstić information content (AvgIpc) is 2.25. The van der Waals surface area contributed by atoms with Gasteiger partial charge in [-0.3, -0.25) is 0 Å². The molecule has 0 aromatic carbocycles. The number of nitrogens with two attached hydrogens (primary N) is 1. The lowest BCUT2D eigenvalue weighted by Crippen LogP contribution is -2.35. The van der Waals surface area contributed by atoms with Crippen molar-refractivity contribution < 1.29 is 5.11 Å². The molecule has 0 amide bonds. The Morgan fingerprint density at radius 2 is 2.06 bits per heavy atom. The van der Waals surface area contributed by atoms with Crippen molar-refractivity contribution in [3.05, 3.63) is 12.4 Å². The summed E-state index contributed by atoms with van der Waals surface area (Å²) in [5.74, 6) is 6.86. The lowest BCUT2D eigenvalue weighted by molar-refractivity contribution is 0.0515. The Kier molecular flexibility index (Phi) is 4.65. The van der Waals surface area contributed by atoms with Crippen LogP contribution < -0.4 is 16.6 Å². The first-order valence-electron chi connectivity index (χ1n) is 5.68. The highest BCUT2D eigenvalue weighted by Gasteiger charge is 2.21. The Hall–Kier alpha value is -1.40. The van der Waals surface area contributed by atoms with Gasteiger partial charge in [0, 0.05) is 12.6 Å². The fraction of sp³-hybridized carbons (Fsp3) is 0.636. The Morgan fingerprint density at radius 3 is 2.65 bits per heavy atom. The SMILES string of the molecule is CC(C)CC(C)(O)CNc1cc(NN)ncn1. The van der Waals surface area contributed by atoms with E-state index in [0.717, 1.165) is 6.42 Å². The van der Waals surface area contributed by atoms with Crippen LogP contribution in [0.15, 0.2) is 12.4 Å². The molecule has 1 aromatic rings. The number of aliphatic hydroxyl groups is 1. The van der Waals surface area contributed by atoms with Crippen LogP contribution in [-0.4, -0.2) is 27.2 Å². The number of hydrazine groups is 1. The fourth-order valence-corrected chi connectivity index (χ4v) is 1.77. The van der Waals surface area contributed by atoms with Crippen LogP contribution in [0.25, 0.3) is 0 Å². The number of nitrogens with zero attached hydrogens (tertiary/aromatic N) is 2. The van der Waals surface area contributed by atoms with E-state index in [4.69, 9.17) is 5.84 Å².